The van der Waals surface area contributed by atoms with Gasteiger partial charge >= 0.3 is 11.9 Å². The Hall–Kier alpha value is 0.380. The van der Waals surface area contributed by atoms with Gasteiger partial charge in [-0.2, -0.15) is 0 Å². The summed E-state index contributed by atoms with van der Waals surface area (Å²) in [6.45, 7) is 0. The van der Waals surface area contributed by atoms with Crippen LogP contribution in [0, 0.1) is 99.6 Å². The van der Waals surface area contributed by atoms with Gasteiger partial charge in [-0.3, -0.25) is 9.59 Å². The Morgan fingerprint density at radius 2 is 1.10 bits per heavy atom. The van der Waals surface area contributed by atoms with Crippen LogP contribution in [0.15, 0.2) is 0 Å². The highest BCUT2D eigenvalue weighted by Gasteiger charge is 3.13. The first kappa shape index (κ1) is 16.9. The van der Waals surface area contributed by atoms with E-state index < -0.39 is 0 Å². The highest BCUT2D eigenvalue weighted by Crippen LogP contribution is 3.10. The standard InChI is InChI=1S/C24H21Br3O4/c1-30-18(28)20-10-3-4-6-7-5(3)11-8(10)9-16(20)23(26)14(12(4)20)13(6)22(25)15(7)21(11,19(29)31-2)17(9)24(22,23)27/h3-17H,1-2H3. The van der Waals surface area contributed by atoms with Gasteiger partial charge in [-0.05, 0) is 88.8 Å². The molecule has 0 radical (unpaired) electrons. The second-order valence-electron chi connectivity index (χ2n) is 13.2. The average Bonchev–Trinajstić information content (AvgIpc) is 3.54. The van der Waals surface area contributed by atoms with Crippen molar-refractivity contribution in [2.24, 2.45) is 99.6 Å². The van der Waals surface area contributed by atoms with E-state index in [0.717, 1.165) is 0 Å². The number of esters is 2. The molecule has 162 valence electrons. The van der Waals surface area contributed by atoms with Crippen LogP contribution < -0.4 is 0 Å². The number of hydrogen-bond acceptors (Lipinski definition) is 4. The Morgan fingerprint density at radius 3 is 1.81 bits per heavy atom. The van der Waals surface area contributed by atoms with Gasteiger partial charge in [-0.15, -0.1) is 0 Å². The highest BCUT2D eigenvalue weighted by atomic mass is 79.9. The lowest BCUT2D eigenvalue weighted by Gasteiger charge is -2.45. The summed E-state index contributed by atoms with van der Waals surface area (Å²) < 4.78 is 11.1. The van der Waals surface area contributed by atoms with Gasteiger partial charge in [0.05, 0.1) is 38.0 Å². The highest BCUT2D eigenvalue weighted by molar-refractivity contribution is 9.14. The van der Waals surface area contributed by atoms with Gasteiger partial charge in [0.25, 0.3) is 0 Å². The maximum absolute atomic E-state index is 14.0. The quantitative estimate of drug-likeness (QED) is 0.355. The molecular formula is C24H21Br3O4. The fourth-order valence-electron chi connectivity index (χ4n) is 16.5. The first-order chi connectivity index (χ1) is 14.8. The average molecular weight is 613 g/mol. The van der Waals surface area contributed by atoms with E-state index in [2.05, 4.69) is 47.8 Å². The van der Waals surface area contributed by atoms with Crippen molar-refractivity contribution in [2.75, 3.05) is 14.2 Å². The second kappa shape index (κ2) is 3.77. The molecule has 12 aliphatic carbocycles. The van der Waals surface area contributed by atoms with E-state index in [1.54, 1.807) is 14.2 Å². The fraction of sp³-hybridized carbons (Fsp3) is 0.917. The predicted molar refractivity (Wildman–Crippen MR) is 116 cm³/mol. The second-order valence-corrected chi connectivity index (χ2v) is 17.1. The number of halogens is 3. The third-order valence-corrected chi connectivity index (χ3v) is 20.9. The Bertz CT molecular complexity index is 1180. The number of carbonyl (C=O) groups excluding carboxylic acids is 2. The summed E-state index contributed by atoms with van der Waals surface area (Å²) in [6.07, 6.45) is 0. The summed E-state index contributed by atoms with van der Waals surface area (Å²) in [5, 5.41) is 0. The summed E-state index contributed by atoms with van der Waals surface area (Å²) in [4.78, 5) is 27.9. The molecule has 12 fully saturated rings. The van der Waals surface area contributed by atoms with Crippen molar-refractivity contribution in [1.29, 1.82) is 0 Å². The maximum Gasteiger partial charge on any atom is 0.312 e. The van der Waals surface area contributed by atoms with Crippen LogP contribution in [-0.4, -0.2) is 39.1 Å². The summed E-state index contributed by atoms with van der Waals surface area (Å²) in [5.41, 5.74) is -0.671. The summed E-state index contributed by atoms with van der Waals surface area (Å²) in [5.74, 6) is 7.79. The molecule has 4 nitrogen and oxygen atoms in total. The lowest BCUT2D eigenvalue weighted by Crippen LogP contribution is -2.54. The molecule has 0 spiro atoms. The van der Waals surface area contributed by atoms with Gasteiger partial charge in [0.1, 0.15) is 0 Å². The molecule has 0 heterocycles. The van der Waals surface area contributed by atoms with Crippen LogP contribution in [0.5, 0.6) is 0 Å². The number of methoxy groups -OCH3 is 2. The Labute approximate surface area is 204 Å². The van der Waals surface area contributed by atoms with E-state index in [1.807, 2.05) is 0 Å². The molecule has 12 rings (SSSR count). The van der Waals surface area contributed by atoms with Gasteiger partial charge in [-0.25, -0.2) is 0 Å². The first-order valence-corrected chi connectivity index (χ1v) is 14.4. The van der Waals surface area contributed by atoms with Crippen LogP contribution in [0.1, 0.15) is 0 Å². The van der Waals surface area contributed by atoms with Gasteiger partial charge in [-0.1, -0.05) is 47.8 Å². The summed E-state index contributed by atoms with van der Waals surface area (Å²) in [6, 6.07) is 0. The largest absolute Gasteiger partial charge is 0.469 e. The molecule has 0 aliphatic heterocycles. The molecule has 0 saturated heterocycles. The molecule has 12 saturated carbocycles. The number of alkyl halides is 3. The van der Waals surface area contributed by atoms with E-state index in [1.165, 1.54) is 0 Å². The molecule has 0 amide bonds. The third-order valence-electron chi connectivity index (χ3n) is 14.8. The molecule has 31 heavy (non-hydrogen) atoms. The molecule has 20 unspecified atom stereocenters. The molecule has 0 N–H and O–H groups in total. The minimum Gasteiger partial charge on any atom is -0.469 e. The Morgan fingerprint density at radius 1 is 0.581 bits per heavy atom. The Balaban J connectivity index is 1.39. The SMILES string of the molecule is COC(=O)C12C3C4C5C6C7C4C4C3C3C1C1(Br)C(C52)C6C2(Br)C7C4(C(=O)OC)C3C12Br. The number of rotatable bonds is 2. The van der Waals surface area contributed by atoms with Crippen molar-refractivity contribution < 1.29 is 19.1 Å². The normalized spacial score (nSPS) is 85.5. The van der Waals surface area contributed by atoms with E-state index in [-0.39, 0.29) is 41.7 Å². The zero-order valence-corrected chi connectivity index (χ0v) is 21.7. The minimum atomic E-state index is -0.359. The molecule has 12 aliphatic rings. The van der Waals surface area contributed by atoms with Crippen molar-refractivity contribution in [3.63, 3.8) is 0 Å². The first-order valence-electron chi connectivity index (χ1n) is 12.0. The zero-order chi connectivity index (χ0) is 20.7. The van der Waals surface area contributed by atoms with Crippen LogP contribution in [-0.2, 0) is 19.1 Å². The van der Waals surface area contributed by atoms with Crippen molar-refractivity contribution in [1.82, 2.24) is 0 Å². The lowest BCUT2D eigenvalue weighted by atomic mass is 9.63. The van der Waals surface area contributed by atoms with E-state index >= 15 is 0 Å². The monoisotopic (exact) mass is 610 g/mol. The number of ether oxygens (including phenoxy) is 2. The molecule has 0 aromatic carbocycles. The molecule has 0 aromatic rings. The molecule has 0 bridgehead atoms. The fourth-order valence-corrected chi connectivity index (χ4v) is 22.1. The van der Waals surface area contributed by atoms with E-state index in [4.69, 9.17) is 9.47 Å². The molecule has 20 atom stereocenters. The van der Waals surface area contributed by atoms with E-state index in [0.29, 0.717) is 82.9 Å². The van der Waals surface area contributed by atoms with Crippen LogP contribution in [0.3, 0.4) is 0 Å². The number of carbonyl (C=O) groups is 2. The maximum atomic E-state index is 14.0. The summed E-state index contributed by atoms with van der Waals surface area (Å²) >= 11 is 13.5. The van der Waals surface area contributed by atoms with Gasteiger partial charge < -0.3 is 9.47 Å². The van der Waals surface area contributed by atoms with Crippen molar-refractivity contribution in [3.8, 4) is 0 Å². The van der Waals surface area contributed by atoms with E-state index in [9.17, 15) is 9.59 Å². The summed E-state index contributed by atoms with van der Waals surface area (Å²) in [7, 11) is 3.23. The smallest absolute Gasteiger partial charge is 0.312 e. The zero-order valence-electron chi connectivity index (χ0n) is 16.9. The third kappa shape index (κ3) is 0.863. The van der Waals surface area contributed by atoms with Crippen LogP contribution in [0.25, 0.3) is 0 Å². The van der Waals surface area contributed by atoms with Crippen molar-refractivity contribution >= 4 is 59.7 Å². The topological polar surface area (TPSA) is 52.6 Å². The van der Waals surface area contributed by atoms with Crippen molar-refractivity contribution in [2.45, 2.75) is 13.0 Å². The van der Waals surface area contributed by atoms with Crippen molar-refractivity contribution in [3.05, 3.63) is 0 Å². The Kier molecular flexibility index (Phi) is 2.06. The van der Waals surface area contributed by atoms with Gasteiger partial charge in [0.2, 0.25) is 0 Å². The van der Waals surface area contributed by atoms with Gasteiger partial charge in [0, 0.05) is 0 Å². The van der Waals surface area contributed by atoms with Crippen LogP contribution in [0.4, 0.5) is 0 Å². The predicted octanol–water partition coefficient (Wildman–Crippen LogP) is 3.10. The molecule has 7 heteroatoms. The minimum absolute atomic E-state index is 0.0578. The van der Waals surface area contributed by atoms with Gasteiger partial charge in [0.15, 0.2) is 0 Å². The van der Waals surface area contributed by atoms with Crippen LogP contribution in [0.2, 0.25) is 0 Å². The molecule has 0 aromatic heterocycles. The number of hydrogen-bond donors (Lipinski definition) is 0. The molecular weight excluding hydrogens is 592 g/mol. The van der Waals surface area contributed by atoms with Crippen LogP contribution >= 0.6 is 47.8 Å². The lowest BCUT2D eigenvalue weighted by molar-refractivity contribution is -0.163.